The largest absolute Gasteiger partial charge is 0.443 e. The van der Waals surface area contributed by atoms with E-state index in [0.29, 0.717) is 6.54 Å². The van der Waals surface area contributed by atoms with Crippen LogP contribution in [0.15, 0.2) is 42.6 Å². The molecule has 0 saturated heterocycles. The maximum Gasteiger partial charge on any atom is 0.415 e. The molecule has 4 nitrogen and oxygen atoms in total. The Hall–Kier alpha value is -2.10. The fourth-order valence-electron chi connectivity index (χ4n) is 1.74. The normalized spacial score (nSPS) is 15.1. The van der Waals surface area contributed by atoms with E-state index in [1.807, 2.05) is 57.2 Å². The van der Waals surface area contributed by atoms with Gasteiger partial charge >= 0.3 is 6.09 Å². The van der Waals surface area contributed by atoms with Crippen molar-refractivity contribution in [3.8, 4) is 0 Å². The van der Waals surface area contributed by atoms with Crippen molar-refractivity contribution < 1.29 is 9.53 Å². The molecule has 0 aromatic carbocycles. The maximum atomic E-state index is 12.2. The Morgan fingerprint density at radius 3 is 2.79 bits per heavy atom. The summed E-state index contributed by atoms with van der Waals surface area (Å²) < 4.78 is 5.41. The van der Waals surface area contributed by atoms with Crippen LogP contribution in [0.3, 0.4) is 0 Å². The third-order valence-corrected chi connectivity index (χ3v) is 2.51. The molecule has 0 atom stereocenters. The van der Waals surface area contributed by atoms with Crippen molar-refractivity contribution in [2.45, 2.75) is 26.4 Å². The summed E-state index contributed by atoms with van der Waals surface area (Å²) in [5.41, 5.74) is 1.02. The van der Waals surface area contributed by atoms with Crippen molar-refractivity contribution in [1.29, 1.82) is 0 Å². The van der Waals surface area contributed by atoms with Crippen LogP contribution in [0.2, 0.25) is 0 Å². The molecule has 0 spiro atoms. The monoisotopic (exact) mass is 258 g/mol. The number of carbonyl (C=O) groups excluding carboxylic acids is 1. The van der Waals surface area contributed by atoms with Crippen molar-refractivity contribution in [2.24, 2.45) is 0 Å². The van der Waals surface area contributed by atoms with Crippen LogP contribution >= 0.6 is 0 Å². The lowest BCUT2D eigenvalue weighted by Crippen LogP contribution is -2.36. The number of aromatic nitrogens is 1. The molecule has 0 aliphatic carbocycles. The Morgan fingerprint density at radius 2 is 2.16 bits per heavy atom. The zero-order valence-electron chi connectivity index (χ0n) is 11.5. The molecule has 1 aliphatic heterocycles. The molecule has 0 N–H and O–H groups in total. The molecular formula is C15H18N2O2. The summed E-state index contributed by atoms with van der Waals surface area (Å²) in [6.07, 6.45) is 7.06. The summed E-state index contributed by atoms with van der Waals surface area (Å²) in [7, 11) is 0. The van der Waals surface area contributed by atoms with E-state index >= 15 is 0 Å². The van der Waals surface area contributed by atoms with Gasteiger partial charge in [0.1, 0.15) is 5.60 Å². The molecule has 100 valence electrons. The maximum absolute atomic E-state index is 12.2. The highest BCUT2D eigenvalue weighted by atomic mass is 16.6. The Bertz CT molecular complexity index is 513. The first-order valence-corrected chi connectivity index (χ1v) is 6.26. The zero-order chi connectivity index (χ0) is 13.9. The molecule has 0 saturated carbocycles. The zero-order valence-corrected chi connectivity index (χ0v) is 11.5. The van der Waals surface area contributed by atoms with Gasteiger partial charge in [-0.25, -0.2) is 4.79 Å². The number of nitrogens with zero attached hydrogens (tertiary/aromatic N) is 2. The SMILES string of the molecule is CC(C)(C)OC(=O)N1CC=CC=C1c1ccccn1. The van der Waals surface area contributed by atoms with Crippen LogP contribution in [0.5, 0.6) is 0 Å². The second kappa shape index (κ2) is 5.26. The quantitative estimate of drug-likeness (QED) is 0.776. The number of allylic oxidation sites excluding steroid dienone is 2. The van der Waals surface area contributed by atoms with Crippen LogP contribution in [-0.4, -0.2) is 28.1 Å². The number of pyridine rings is 1. The Morgan fingerprint density at radius 1 is 1.37 bits per heavy atom. The minimum Gasteiger partial charge on any atom is -0.443 e. The van der Waals surface area contributed by atoms with E-state index < -0.39 is 5.60 Å². The van der Waals surface area contributed by atoms with Crippen LogP contribution in [0.4, 0.5) is 4.79 Å². The lowest BCUT2D eigenvalue weighted by molar-refractivity contribution is 0.0367. The molecular weight excluding hydrogens is 240 g/mol. The van der Waals surface area contributed by atoms with Crippen LogP contribution in [0.1, 0.15) is 26.5 Å². The summed E-state index contributed by atoms with van der Waals surface area (Å²) in [6.45, 7) is 6.07. The first kappa shape index (κ1) is 13.3. The fraction of sp³-hybridized carbons (Fsp3) is 0.333. The summed E-state index contributed by atoms with van der Waals surface area (Å²) >= 11 is 0. The first-order chi connectivity index (χ1) is 8.97. The van der Waals surface area contributed by atoms with Crippen LogP contribution in [-0.2, 0) is 4.74 Å². The van der Waals surface area contributed by atoms with Crippen molar-refractivity contribution in [3.05, 3.63) is 48.3 Å². The molecule has 0 fully saturated rings. The van der Waals surface area contributed by atoms with Crippen molar-refractivity contribution in [1.82, 2.24) is 9.88 Å². The van der Waals surface area contributed by atoms with Gasteiger partial charge in [-0.1, -0.05) is 18.2 Å². The molecule has 2 rings (SSSR count). The standard InChI is InChI=1S/C15H18N2O2/c1-15(2,3)19-14(18)17-11-7-5-9-13(17)12-8-4-6-10-16-12/h4-10H,11H2,1-3H3. The van der Waals surface area contributed by atoms with E-state index in [1.54, 1.807) is 11.1 Å². The highest BCUT2D eigenvalue weighted by Gasteiger charge is 2.26. The second-order valence-corrected chi connectivity index (χ2v) is 5.29. The smallest absolute Gasteiger partial charge is 0.415 e. The summed E-state index contributed by atoms with van der Waals surface area (Å²) in [6, 6.07) is 5.62. The molecule has 1 aromatic rings. The average molecular weight is 258 g/mol. The second-order valence-electron chi connectivity index (χ2n) is 5.29. The van der Waals surface area contributed by atoms with Crippen LogP contribution in [0.25, 0.3) is 5.70 Å². The predicted molar refractivity (Wildman–Crippen MR) is 74.3 cm³/mol. The number of rotatable bonds is 1. The highest BCUT2D eigenvalue weighted by Crippen LogP contribution is 2.22. The number of amides is 1. The van der Waals surface area contributed by atoms with Crippen molar-refractivity contribution in [2.75, 3.05) is 6.54 Å². The third kappa shape index (κ3) is 3.44. The molecule has 4 heteroatoms. The molecule has 19 heavy (non-hydrogen) atoms. The molecule has 2 heterocycles. The number of hydrogen-bond donors (Lipinski definition) is 0. The minimum atomic E-state index is -0.506. The van der Waals surface area contributed by atoms with Gasteiger partial charge in [-0.3, -0.25) is 9.88 Å². The Kier molecular flexibility index (Phi) is 3.69. The van der Waals surface area contributed by atoms with Crippen LogP contribution < -0.4 is 0 Å². The van der Waals surface area contributed by atoms with Gasteiger partial charge in [0.2, 0.25) is 0 Å². The first-order valence-electron chi connectivity index (χ1n) is 6.26. The van der Waals surface area contributed by atoms with Crippen molar-refractivity contribution in [3.63, 3.8) is 0 Å². The third-order valence-electron chi connectivity index (χ3n) is 2.51. The number of ether oxygens (including phenoxy) is 1. The lowest BCUT2D eigenvalue weighted by Gasteiger charge is -2.29. The lowest BCUT2D eigenvalue weighted by atomic mass is 10.2. The fourth-order valence-corrected chi connectivity index (χ4v) is 1.74. The van der Waals surface area contributed by atoms with Gasteiger partial charge in [0.05, 0.1) is 11.4 Å². The van der Waals surface area contributed by atoms with Gasteiger partial charge in [-0.05, 0) is 39.0 Å². The van der Waals surface area contributed by atoms with Gasteiger partial charge in [0.25, 0.3) is 0 Å². The van der Waals surface area contributed by atoms with E-state index in [0.717, 1.165) is 11.4 Å². The molecule has 1 amide bonds. The van der Waals surface area contributed by atoms with E-state index in [4.69, 9.17) is 4.74 Å². The summed E-state index contributed by atoms with van der Waals surface area (Å²) in [5.74, 6) is 0. The molecule has 1 aromatic heterocycles. The molecule has 0 unspecified atom stereocenters. The van der Waals surface area contributed by atoms with Gasteiger partial charge < -0.3 is 4.74 Å². The molecule has 0 radical (unpaired) electrons. The van der Waals surface area contributed by atoms with Crippen molar-refractivity contribution >= 4 is 11.8 Å². The summed E-state index contributed by atoms with van der Waals surface area (Å²) in [4.78, 5) is 18.1. The Balaban J connectivity index is 2.24. The van der Waals surface area contributed by atoms with E-state index in [1.165, 1.54) is 0 Å². The predicted octanol–water partition coefficient (Wildman–Crippen LogP) is 3.23. The summed E-state index contributed by atoms with van der Waals surface area (Å²) in [5, 5.41) is 0. The average Bonchev–Trinajstić information content (AvgIpc) is 2.38. The minimum absolute atomic E-state index is 0.353. The van der Waals surface area contributed by atoms with Gasteiger partial charge in [0.15, 0.2) is 0 Å². The molecule has 1 aliphatic rings. The highest BCUT2D eigenvalue weighted by molar-refractivity contribution is 5.82. The van der Waals surface area contributed by atoms with E-state index in [2.05, 4.69) is 4.98 Å². The topological polar surface area (TPSA) is 42.4 Å². The van der Waals surface area contributed by atoms with E-state index in [-0.39, 0.29) is 6.09 Å². The number of carbonyl (C=O) groups is 1. The Labute approximate surface area is 113 Å². The van der Waals surface area contributed by atoms with Gasteiger partial charge in [-0.2, -0.15) is 0 Å². The van der Waals surface area contributed by atoms with Gasteiger partial charge in [-0.15, -0.1) is 0 Å². The number of hydrogen-bond acceptors (Lipinski definition) is 3. The van der Waals surface area contributed by atoms with Gasteiger partial charge in [0, 0.05) is 12.7 Å². The van der Waals surface area contributed by atoms with Crippen LogP contribution in [0, 0.1) is 0 Å². The molecule has 0 bridgehead atoms. The van der Waals surface area contributed by atoms with E-state index in [9.17, 15) is 4.79 Å².